The zero-order valence-corrected chi connectivity index (χ0v) is 20.0. The van der Waals surface area contributed by atoms with E-state index in [-0.39, 0.29) is 17.1 Å². The third-order valence-electron chi connectivity index (χ3n) is 5.21. The van der Waals surface area contributed by atoms with E-state index in [1.165, 1.54) is 95.5 Å². The fourth-order valence-corrected chi connectivity index (χ4v) is 3.81. The van der Waals surface area contributed by atoms with Gasteiger partial charge < -0.3 is 0 Å². The predicted molar refractivity (Wildman–Crippen MR) is 126 cm³/mol. The van der Waals surface area contributed by atoms with Crippen molar-refractivity contribution in [2.45, 2.75) is 102 Å². The van der Waals surface area contributed by atoms with Crippen LogP contribution in [0.1, 0.15) is 108 Å². The van der Waals surface area contributed by atoms with Gasteiger partial charge in [-0.15, -0.1) is 5.56 Å². The van der Waals surface area contributed by atoms with E-state index >= 15 is 0 Å². The summed E-state index contributed by atoms with van der Waals surface area (Å²) in [5.41, 5.74) is 1.39. The molecule has 0 aromatic heterocycles. The molecule has 2 aromatic carbocycles. The Bertz CT molecular complexity index is 457. The van der Waals surface area contributed by atoms with Gasteiger partial charge in [0, 0.05) is 0 Å². The van der Waals surface area contributed by atoms with Crippen LogP contribution in [-0.4, -0.2) is 0 Å². The Morgan fingerprint density at radius 2 is 1.11 bits per heavy atom. The number of thiol groups is 1. The summed E-state index contributed by atoms with van der Waals surface area (Å²) in [4.78, 5) is 0. The van der Waals surface area contributed by atoms with Crippen molar-refractivity contribution in [3.05, 3.63) is 60.2 Å². The Balaban J connectivity index is 0.00000105. The van der Waals surface area contributed by atoms with E-state index in [9.17, 15) is 0 Å². The topological polar surface area (TPSA) is 0 Å². The zero-order chi connectivity index (χ0) is 19.4. The van der Waals surface area contributed by atoms with E-state index in [4.69, 9.17) is 12.6 Å². The molecule has 1 unspecified atom stereocenters. The predicted octanol–water partition coefficient (Wildman–Crippen LogP) is 9.26. The average Bonchev–Trinajstić information content (AvgIpc) is 3.42. The smallest absolute Gasteiger partial charge is 0.214 e. The molecule has 0 saturated carbocycles. The van der Waals surface area contributed by atoms with Crippen LogP contribution < -0.4 is 0 Å². The van der Waals surface area contributed by atoms with Crippen LogP contribution in [0.25, 0.3) is 0 Å². The van der Waals surface area contributed by atoms with Crippen LogP contribution in [0.5, 0.6) is 0 Å². The Labute approximate surface area is 191 Å². The molecule has 0 aliphatic heterocycles. The van der Waals surface area contributed by atoms with Gasteiger partial charge in [0.1, 0.15) is 0 Å². The van der Waals surface area contributed by atoms with Gasteiger partial charge >= 0.3 is 17.1 Å². The van der Waals surface area contributed by atoms with Gasteiger partial charge in [-0.1, -0.05) is 90.4 Å². The molecule has 0 heterocycles. The molecule has 0 aliphatic carbocycles. The second-order valence-electron chi connectivity index (χ2n) is 7.73. The van der Waals surface area contributed by atoms with E-state index in [1.807, 2.05) is 30.3 Å². The van der Waals surface area contributed by atoms with Crippen molar-refractivity contribution in [1.29, 1.82) is 0 Å². The molecule has 0 N–H and O–H groups in total. The molecule has 1 atom stereocenters. The summed E-state index contributed by atoms with van der Waals surface area (Å²) in [7, 11) is 0. The Morgan fingerprint density at radius 1 is 0.679 bits per heavy atom. The van der Waals surface area contributed by atoms with Crippen molar-refractivity contribution in [3.8, 4) is 0 Å². The first-order chi connectivity index (χ1) is 13.3. The first-order valence-corrected chi connectivity index (χ1v) is 11.9. The van der Waals surface area contributed by atoms with Gasteiger partial charge in [-0.05, 0) is 11.7 Å². The van der Waals surface area contributed by atoms with Crippen LogP contribution >= 0.6 is 12.6 Å². The van der Waals surface area contributed by atoms with Crippen LogP contribution in [0, 0.1) is 0 Å². The summed E-state index contributed by atoms with van der Waals surface area (Å²) >= 11 is 4.70. The molecular formula is C26H42FeS. The minimum absolute atomic E-state index is 0. The van der Waals surface area contributed by atoms with Crippen LogP contribution in [0.15, 0.2) is 54.6 Å². The van der Waals surface area contributed by atoms with E-state index in [1.54, 1.807) is 0 Å². The Hall–Kier alpha value is -0.431. The van der Waals surface area contributed by atoms with E-state index in [0.717, 1.165) is 0 Å². The van der Waals surface area contributed by atoms with Crippen molar-refractivity contribution in [2.75, 3.05) is 0 Å². The third-order valence-corrected chi connectivity index (χ3v) is 5.77. The zero-order valence-electron chi connectivity index (χ0n) is 18.0. The summed E-state index contributed by atoms with van der Waals surface area (Å²) in [6.07, 6.45) is 19.8. The summed E-state index contributed by atoms with van der Waals surface area (Å²) in [6, 6.07) is 18.6. The van der Waals surface area contributed by atoms with Gasteiger partial charge in [0.15, 0.2) is 0 Å². The van der Waals surface area contributed by atoms with Crippen molar-refractivity contribution < 1.29 is 17.1 Å². The number of unbranched alkanes of at least 4 members (excludes halogenated alkanes) is 12. The molecular weight excluding hydrogens is 400 g/mol. The molecule has 28 heavy (non-hydrogen) atoms. The minimum atomic E-state index is 0. The van der Waals surface area contributed by atoms with Gasteiger partial charge in [0.2, 0.25) is 0 Å². The van der Waals surface area contributed by atoms with Crippen molar-refractivity contribution in [2.24, 2.45) is 0 Å². The first kappa shape index (κ1) is 27.6. The molecule has 0 bridgehead atoms. The molecule has 0 amide bonds. The molecule has 0 fully saturated rings. The largest absolute Gasteiger partial charge is 2.00 e. The Kier molecular flexibility index (Phi) is 21.0. The van der Waals surface area contributed by atoms with Crippen molar-refractivity contribution in [1.82, 2.24) is 0 Å². The summed E-state index contributed by atoms with van der Waals surface area (Å²) < 4.78 is 0. The molecule has 2 rings (SSSR count). The molecule has 0 saturated heterocycles. The summed E-state index contributed by atoms with van der Waals surface area (Å²) in [5, 5.41) is 0.447. The van der Waals surface area contributed by atoms with E-state index in [2.05, 4.69) is 31.2 Å². The molecule has 2 aromatic rings. The molecule has 2 heteroatoms. The van der Waals surface area contributed by atoms with E-state index < -0.39 is 0 Å². The van der Waals surface area contributed by atoms with Gasteiger partial charge in [-0.25, -0.2) is 24.3 Å². The summed E-state index contributed by atoms with van der Waals surface area (Å²) in [6.45, 7) is 2.29. The maximum Gasteiger partial charge on any atom is 2.00 e. The van der Waals surface area contributed by atoms with Crippen molar-refractivity contribution >= 4 is 12.6 Å². The van der Waals surface area contributed by atoms with Crippen LogP contribution in [0.3, 0.4) is 0 Å². The number of hydrogen-bond acceptors (Lipinski definition) is 1. The van der Waals surface area contributed by atoms with Crippen molar-refractivity contribution in [3.63, 3.8) is 0 Å². The molecule has 0 nitrogen and oxygen atoms in total. The van der Waals surface area contributed by atoms with Crippen LogP contribution in [0.4, 0.5) is 0 Å². The standard InChI is InChI=1S/C21H37S.C5H5.Fe/c1-2-3-4-5-6-7-8-9-10-11-12-13-14-19-21(22)20-17-15-16-18-20;1-2-4-5-3-1;/h15-18,21-22H,2-14,19H2,1H3;1-5H;/q2*-1;+2. The maximum absolute atomic E-state index is 4.70. The van der Waals surface area contributed by atoms with Gasteiger partial charge in [-0.3, -0.25) is 0 Å². The van der Waals surface area contributed by atoms with Crippen LogP contribution in [0.2, 0.25) is 0 Å². The Morgan fingerprint density at radius 3 is 1.50 bits per heavy atom. The third kappa shape index (κ3) is 16.5. The normalized spacial score (nSPS) is 11.4. The van der Waals surface area contributed by atoms with Crippen LogP contribution in [-0.2, 0) is 17.1 Å². The monoisotopic (exact) mass is 442 g/mol. The van der Waals surface area contributed by atoms with Gasteiger partial charge in [0.05, 0.1) is 0 Å². The second kappa shape index (κ2) is 21.3. The summed E-state index contributed by atoms with van der Waals surface area (Å²) in [5.74, 6) is 0. The van der Waals surface area contributed by atoms with Gasteiger partial charge in [-0.2, -0.15) is 43.0 Å². The second-order valence-corrected chi connectivity index (χ2v) is 8.35. The van der Waals surface area contributed by atoms with Gasteiger partial charge in [0.25, 0.3) is 0 Å². The fraction of sp³-hybridized carbons (Fsp3) is 0.615. The van der Waals surface area contributed by atoms with E-state index in [0.29, 0.717) is 5.25 Å². The molecule has 160 valence electrons. The first-order valence-electron chi connectivity index (χ1n) is 11.4. The average molecular weight is 443 g/mol. The number of hydrogen-bond donors (Lipinski definition) is 1. The molecule has 0 radical (unpaired) electrons. The SMILES string of the molecule is CCCCCCCCCCCCCCCC(S)[c-]1cccc1.[Fe+2].c1cc[cH-]c1. The quantitative estimate of drug-likeness (QED) is 0.121. The number of rotatable bonds is 15. The molecule has 0 aliphatic rings. The molecule has 0 spiro atoms. The maximum atomic E-state index is 4.70. The fourth-order valence-electron chi connectivity index (χ4n) is 3.45. The minimum Gasteiger partial charge on any atom is -0.214 e.